The van der Waals surface area contributed by atoms with Crippen LogP contribution in [0, 0.1) is 0 Å². The second-order valence-electron chi connectivity index (χ2n) is 6.51. The summed E-state index contributed by atoms with van der Waals surface area (Å²) in [5, 5.41) is 0.656. The number of amides is 1. The van der Waals surface area contributed by atoms with Crippen molar-refractivity contribution in [1.82, 2.24) is 9.88 Å². The highest BCUT2D eigenvalue weighted by Gasteiger charge is 2.26. The molecule has 0 atom stereocenters. The fourth-order valence-corrected chi connectivity index (χ4v) is 3.44. The summed E-state index contributed by atoms with van der Waals surface area (Å²) in [5.74, 6) is 1.04. The van der Waals surface area contributed by atoms with Crippen LogP contribution in [-0.2, 0) is 4.79 Å². The van der Waals surface area contributed by atoms with Crippen molar-refractivity contribution in [3.05, 3.63) is 71.1 Å². The molecule has 0 aliphatic carbocycles. The smallest absolute Gasteiger partial charge is 0.246 e. The highest BCUT2D eigenvalue weighted by Crippen LogP contribution is 2.30. The molecule has 0 unspecified atom stereocenters. The summed E-state index contributed by atoms with van der Waals surface area (Å²) >= 11 is 6.01. The lowest BCUT2D eigenvalue weighted by Gasteiger charge is -2.29. The van der Waals surface area contributed by atoms with Gasteiger partial charge in [-0.15, -0.1) is 0 Å². The standard InChI is InChI=1S/C21H19ClN2O2/c22-17-7-8-19-18(14-17)23-21(26-19)16-10-12-24(13-11-16)20(25)9-6-15-4-2-1-3-5-15/h1-9,14,16H,10-13H2. The minimum absolute atomic E-state index is 0.0525. The number of benzene rings is 2. The number of carbonyl (C=O) groups is 1. The number of oxazole rings is 1. The predicted molar refractivity (Wildman–Crippen MR) is 103 cm³/mol. The van der Waals surface area contributed by atoms with Crippen molar-refractivity contribution in [2.45, 2.75) is 18.8 Å². The van der Waals surface area contributed by atoms with Crippen LogP contribution in [0.4, 0.5) is 0 Å². The molecule has 132 valence electrons. The summed E-state index contributed by atoms with van der Waals surface area (Å²) in [7, 11) is 0. The maximum atomic E-state index is 12.4. The van der Waals surface area contributed by atoms with Gasteiger partial charge in [0.1, 0.15) is 5.52 Å². The molecular weight excluding hydrogens is 348 g/mol. The molecule has 4 nitrogen and oxygen atoms in total. The first kappa shape index (κ1) is 16.9. The minimum atomic E-state index is 0.0525. The second kappa shape index (κ2) is 7.34. The van der Waals surface area contributed by atoms with Gasteiger partial charge in [-0.05, 0) is 42.7 Å². The number of carbonyl (C=O) groups excluding carboxylic acids is 1. The SMILES string of the molecule is O=C(C=Cc1ccccc1)N1CCC(c2nc3cc(Cl)ccc3o2)CC1. The molecule has 0 N–H and O–H groups in total. The van der Waals surface area contributed by atoms with Gasteiger partial charge in [0.05, 0.1) is 0 Å². The molecule has 1 amide bonds. The number of likely N-dealkylation sites (tertiary alicyclic amines) is 1. The maximum absolute atomic E-state index is 12.4. The Labute approximate surface area is 157 Å². The van der Waals surface area contributed by atoms with Crippen LogP contribution in [0.2, 0.25) is 5.02 Å². The minimum Gasteiger partial charge on any atom is -0.440 e. The Kier molecular flexibility index (Phi) is 4.76. The van der Waals surface area contributed by atoms with E-state index in [0.29, 0.717) is 18.1 Å². The third-order valence-electron chi connectivity index (χ3n) is 4.74. The zero-order valence-electron chi connectivity index (χ0n) is 14.3. The molecule has 4 rings (SSSR count). The lowest BCUT2D eigenvalue weighted by atomic mass is 9.96. The van der Waals surface area contributed by atoms with E-state index in [1.165, 1.54) is 0 Å². The van der Waals surface area contributed by atoms with Crippen LogP contribution in [0.25, 0.3) is 17.2 Å². The van der Waals surface area contributed by atoms with Crippen LogP contribution in [0.15, 0.2) is 59.0 Å². The zero-order chi connectivity index (χ0) is 17.9. The Morgan fingerprint density at radius 2 is 1.92 bits per heavy atom. The number of nitrogens with zero attached hydrogens (tertiary/aromatic N) is 2. The lowest BCUT2D eigenvalue weighted by molar-refractivity contribution is -0.127. The highest BCUT2D eigenvalue weighted by molar-refractivity contribution is 6.31. The summed E-state index contributed by atoms with van der Waals surface area (Å²) in [4.78, 5) is 18.8. The molecule has 0 saturated carbocycles. The number of hydrogen-bond acceptors (Lipinski definition) is 3. The van der Waals surface area contributed by atoms with E-state index in [2.05, 4.69) is 4.98 Å². The van der Waals surface area contributed by atoms with Gasteiger partial charge in [-0.25, -0.2) is 4.98 Å². The first-order chi connectivity index (χ1) is 12.7. The van der Waals surface area contributed by atoms with Crippen LogP contribution in [-0.4, -0.2) is 28.9 Å². The number of fused-ring (bicyclic) bond motifs is 1. The fourth-order valence-electron chi connectivity index (χ4n) is 3.28. The Hall–Kier alpha value is -2.59. The van der Waals surface area contributed by atoms with Crippen molar-refractivity contribution in [3.8, 4) is 0 Å². The normalized spacial score (nSPS) is 15.8. The molecule has 1 aliphatic heterocycles. The van der Waals surface area contributed by atoms with Crippen molar-refractivity contribution >= 4 is 34.7 Å². The second-order valence-corrected chi connectivity index (χ2v) is 6.94. The first-order valence-electron chi connectivity index (χ1n) is 8.77. The molecular formula is C21H19ClN2O2. The Bertz CT molecular complexity index is 941. The zero-order valence-corrected chi connectivity index (χ0v) is 15.0. The quantitative estimate of drug-likeness (QED) is 0.619. The van der Waals surface area contributed by atoms with E-state index in [9.17, 15) is 4.79 Å². The van der Waals surface area contributed by atoms with E-state index in [0.717, 1.165) is 35.4 Å². The predicted octanol–water partition coefficient (Wildman–Crippen LogP) is 4.90. The number of halogens is 1. The highest BCUT2D eigenvalue weighted by atomic mass is 35.5. The molecule has 1 aromatic heterocycles. The molecule has 0 radical (unpaired) electrons. The number of aromatic nitrogens is 1. The third kappa shape index (κ3) is 3.65. The van der Waals surface area contributed by atoms with Crippen molar-refractivity contribution in [1.29, 1.82) is 0 Å². The van der Waals surface area contributed by atoms with Gasteiger partial charge < -0.3 is 9.32 Å². The molecule has 2 heterocycles. The number of rotatable bonds is 3. The van der Waals surface area contributed by atoms with E-state index in [1.54, 1.807) is 12.1 Å². The Morgan fingerprint density at radius 3 is 2.69 bits per heavy atom. The van der Waals surface area contributed by atoms with Crippen LogP contribution in [0.3, 0.4) is 0 Å². The molecule has 0 bridgehead atoms. The molecule has 0 spiro atoms. The Balaban J connectivity index is 1.38. The van der Waals surface area contributed by atoms with E-state index < -0.39 is 0 Å². The third-order valence-corrected chi connectivity index (χ3v) is 4.98. The van der Waals surface area contributed by atoms with Crippen LogP contribution >= 0.6 is 11.6 Å². The molecule has 5 heteroatoms. The van der Waals surface area contributed by atoms with Crippen molar-refractivity contribution in [2.24, 2.45) is 0 Å². The topological polar surface area (TPSA) is 46.3 Å². The lowest BCUT2D eigenvalue weighted by Crippen LogP contribution is -2.36. The van der Waals surface area contributed by atoms with Gasteiger partial charge in [0, 0.05) is 30.1 Å². The van der Waals surface area contributed by atoms with Gasteiger partial charge in [0.2, 0.25) is 5.91 Å². The van der Waals surface area contributed by atoms with E-state index in [4.69, 9.17) is 16.0 Å². The average molecular weight is 367 g/mol. The van der Waals surface area contributed by atoms with Crippen molar-refractivity contribution < 1.29 is 9.21 Å². The first-order valence-corrected chi connectivity index (χ1v) is 9.15. The molecule has 3 aromatic rings. The number of piperidine rings is 1. The summed E-state index contributed by atoms with van der Waals surface area (Å²) in [6, 6.07) is 15.3. The number of hydrogen-bond donors (Lipinski definition) is 0. The summed E-state index contributed by atoms with van der Waals surface area (Å²) in [6.45, 7) is 1.42. The molecule has 1 saturated heterocycles. The maximum Gasteiger partial charge on any atom is 0.246 e. The molecule has 26 heavy (non-hydrogen) atoms. The monoisotopic (exact) mass is 366 g/mol. The van der Waals surface area contributed by atoms with Crippen molar-refractivity contribution in [3.63, 3.8) is 0 Å². The molecule has 2 aromatic carbocycles. The van der Waals surface area contributed by atoms with Gasteiger partial charge in [-0.1, -0.05) is 41.9 Å². The largest absolute Gasteiger partial charge is 0.440 e. The van der Waals surface area contributed by atoms with E-state index in [-0.39, 0.29) is 11.8 Å². The van der Waals surface area contributed by atoms with Crippen LogP contribution in [0.5, 0.6) is 0 Å². The summed E-state index contributed by atoms with van der Waals surface area (Å²) < 4.78 is 5.88. The Morgan fingerprint density at radius 1 is 1.15 bits per heavy atom. The fraction of sp³-hybridized carbons (Fsp3) is 0.238. The van der Waals surface area contributed by atoms with E-state index in [1.807, 2.05) is 53.4 Å². The van der Waals surface area contributed by atoms with Gasteiger partial charge in [-0.3, -0.25) is 4.79 Å². The van der Waals surface area contributed by atoms with Gasteiger partial charge >= 0.3 is 0 Å². The summed E-state index contributed by atoms with van der Waals surface area (Å²) in [6.07, 6.45) is 5.22. The van der Waals surface area contributed by atoms with Gasteiger partial charge in [-0.2, -0.15) is 0 Å². The average Bonchev–Trinajstić information content (AvgIpc) is 3.10. The van der Waals surface area contributed by atoms with Crippen LogP contribution in [0.1, 0.15) is 30.2 Å². The van der Waals surface area contributed by atoms with Gasteiger partial charge in [0.25, 0.3) is 0 Å². The summed E-state index contributed by atoms with van der Waals surface area (Å²) in [5.41, 5.74) is 2.58. The van der Waals surface area contributed by atoms with Crippen molar-refractivity contribution in [2.75, 3.05) is 13.1 Å². The van der Waals surface area contributed by atoms with Crippen LogP contribution < -0.4 is 0 Å². The van der Waals surface area contributed by atoms with E-state index >= 15 is 0 Å². The molecule has 1 aliphatic rings. The van der Waals surface area contributed by atoms with Gasteiger partial charge in [0.15, 0.2) is 11.5 Å². The molecule has 1 fully saturated rings.